The number of nitrogens with zero attached hydrogens (tertiary/aromatic N) is 1. The van der Waals surface area contributed by atoms with Crippen molar-refractivity contribution in [3.63, 3.8) is 0 Å². The lowest BCUT2D eigenvalue weighted by atomic mass is 10.1. The Kier molecular flexibility index (Phi) is 4.44. The summed E-state index contributed by atoms with van der Waals surface area (Å²) in [5.74, 6) is 0.441. The van der Waals surface area contributed by atoms with Gasteiger partial charge in [-0.05, 0) is 30.3 Å². The van der Waals surface area contributed by atoms with Crippen molar-refractivity contribution < 1.29 is 9.30 Å². The fourth-order valence-electron chi connectivity index (χ4n) is 2.75. The Morgan fingerprint density at radius 3 is 2.09 bits per heavy atom. The molecule has 2 aromatic carbocycles. The van der Waals surface area contributed by atoms with Crippen molar-refractivity contribution in [1.82, 2.24) is 0 Å². The molecule has 0 aliphatic heterocycles. The Morgan fingerprint density at radius 2 is 1.57 bits per heavy atom. The first-order chi connectivity index (χ1) is 11.1. The third-order valence-electron chi connectivity index (χ3n) is 3.84. The number of aromatic nitrogens is 1. The number of fused-ring (bicyclic) bond motifs is 2. The highest BCUT2D eigenvalue weighted by Crippen LogP contribution is 2.29. The van der Waals surface area contributed by atoms with Gasteiger partial charge in [-0.1, -0.05) is 38.1 Å². The fourth-order valence-corrected chi connectivity index (χ4v) is 2.92. The van der Waals surface area contributed by atoms with Crippen LogP contribution in [0.25, 0.3) is 21.8 Å². The number of nitrogens with one attached hydrogen (secondary N) is 1. The highest BCUT2D eigenvalue weighted by Gasteiger charge is 2.18. The minimum Gasteiger partial charge on any atom is -0.471 e. The molecule has 1 aromatic heterocycles. The molecule has 0 spiro atoms. The van der Waals surface area contributed by atoms with Crippen molar-refractivity contribution in [2.45, 2.75) is 13.8 Å². The molecule has 4 heteroatoms. The van der Waals surface area contributed by atoms with E-state index in [1.54, 1.807) is 0 Å². The Hall–Kier alpha value is -2.20. The highest BCUT2D eigenvalue weighted by atomic mass is 32.1. The molecule has 0 fully saturated rings. The number of thiocarbonyl (C=S) groups is 1. The first-order valence-corrected chi connectivity index (χ1v) is 8.22. The number of hydrogen-bond donors (Lipinski definition) is 1. The number of rotatable bonds is 3. The van der Waals surface area contributed by atoms with Gasteiger partial charge in [-0.15, -0.1) is 0 Å². The number of para-hydroxylation sites is 2. The number of ether oxygens (including phenoxy) is 1. The number of benzene rings is 2. The third kappa shape index (κ3) is 3.13. The monoisotopic (exact) mass is 325 g/mol. The average Bonchev–Trinajstić information content (AvgIpc) is 2.57. The summed E-state index contributed by atoms with van der Waals surface area (Å²) in [7, 11) is 2.09. The van der Waals surface area contributed by atoms with E-state index >= 15 is 0 Å². The average molecular weight is 325 g/mol. The van der Waals surface area contributed by atoms with Crippen LogP contribution in [0.1, 0.15) is 13.8 Å². The molecule has 0 unspecified atom stereocenters. The van der Waals surface area contributed by atoms with Gasteiger partial charge in [0.15, 0.2) is 0 Å². The summed E-state index contributed by atoms with van der Waals surface area (Å²) in [6, 6.07) is 16.6. The summed E-state index contributed by atoms with van der Waals surface area (Å²) in [6.07, 6.45) is 0. The van der Waals surface area contributed by atoms with Crippen LogP contribution in [0.15, 0.2) is 48.5 Å². The number of hydrogen-bond acceptors (Lipinski definition) is 2. The second-order valence-electron chi connectivity index (χ2n) is 6.09. The van der Waals surface area contributed by atoms with E-state index in [4.69, 9.17) is 17.0 Å². The molecule has 3 rings (SSSR count). The molecule has 1 heterocycles. The zero-order valence-electron chi connectivity index (χ0n) is 13.7. The third-order valence-corrected chi connectivity index (χ3v) is 4.06. The molecule has 23 heavy (non-hydrogen) atoms. The molecule has 3 nitrogen and oxygen atoms in total. The molecule has 0 bridgehead atoms. The number of anilines is 1. The van der Waals surface area contributed by atoms with Gasteiger partial charge in [-0.2, -0.15) is 4.57 Å². The van der Waals surface area contributed by atoms with Crippen molar-refractivity contribution in [2.24, 2.45) is 13.0 Å². The van der Waals surface area contributed by atoms with Gasteiger partial charge in [0.2, 0.25) is 11.0 Å². The van der Waals surface area contributed by atoms with Crippen LogP contribution >= 0.6 is 12.2 Å². The molecule has 0 radical (unpaired) electrons. The molecule has 0 aliphatic carbocycles. The van der Waals surface area contributed by atoms with Gasteiger partial charge in [0.05, 0.1) is 23.1 Å². The van der Waals surface area contributed by atoms with Gasteiger partial charge in [-0.3, -0.25) is 0 Å². The summed E-state index contributed by atoms with van der Waals surface area (Å²) < 4.78 is 7.85. The molecule has 3 aromatic rings. The molecule has 0 amide bonds. The fraction of sp³-hybridized carbons (Fsp3) is 0.263. The predicted octanol–water partition coefficient (Wildman–Crippen LogP) is 4.19. The van der Waals surface area contributed by atoms with E-state index in [2.05, 4.69) is 67.2 Å². The standard InChI is InChI=1S/C19H20N2OS/c1-13(2)12-22-19(23)20-18-14-8-4-6-10-16(14)21(3)17-11-7-5-9-15(17)18/h4-11,13H,12H2,1-3H3/p+1. The highest BCUT2D eigenvalue weighted by molar-refractivity contribution is 7.80. The van der Waals surface area contributed by atoms with Crippen LogP contribution in [-0.4, -0.2) is 11.8 Å². The van der Waals surface area contributed by atoms with E-state index < -0.39 is 0 Å². The minimum atomic E-state index is 0.419. The van der Waals surface area contributed by atoms with E-state index in [1.165, 1.54) is 0 Å². The summed E-state index contributed by atoms with van der Waals surface area (Å²) in [4.78, 5) is 0. The maximum absolute atomic E-state index is 5.65. The quantitative estimate of drug-likeness (QED) is 0.444. The van der Waals surface area contributed by atoms with Crippen molar-refractivity contribution >= 4 is 44.9 Å². The number of aryl methyl sites for hydroxylation is 1. The Labute approximate surface area is 141 Å². The molecular formula is C19H21N2OS+. The molecule has 0 aliphatic rings. The van der Waals surface area contributed by atoms with Crippen LogP contribution in [0.3, 0.4) is 0 Å². The van der Waals surface area contributed by atoms with Gasteiger partial charge >= 0.3 is 0 Å². The number of pyridine rings is 1. The SMILES string of the molecule is CC(C)COC(=S)Nc1c2ccccc2[n+](C)c2ccccc12. The smallest absolute Gasteiger partial charge is 0.261 e. The van der Waals surface area contributed by atoms with Crippen LogP contribution in [0.4, 0.5) is 5.69 Å². The molecular weight excluding hydrogens is 304 g/mol. The Morgan fingerprint density at radius 1 is 1.04 bits per heavy atom. The first-order valence-electron chi connectivity index (χ1n) is 7.81. The molecule has 118 valence electrons. The van der Waals surface area contributed by atoms with E-state index in [1.807, 2.05) is 12.1 Å². The van der Waals surface area contributed by atoms with Gasteiger partial charge in [0.25, 0.3) is 5.17 Å². The normalized spacial score (nSPS) is 11.1. The van der Waals surface area contributed by atoms with Crippen LogP contribution in [0.2, 0.25) is 0 Å². The van der Waals surface area contributed by atoms with Crippen molar-refractivity contribution in [1.29, 1.82) is 0 Å². The second-order valence-corrected chi connectivity index (χ2v) is 6.46. The Balaban J connectivity index is 2.13. The van der Waals surface area contributed by atoms with E-state index in [0.29, 0.717) is 17.7 Å². The van der Waals surface area contributed by atoms with Gasteiger partial charge in [0, 0.05) is 12.1 Å². The van der Waals surface area contributed by atoms with Gasteiger partial charge in [0.1, 0.15) is 7.05 Å². The Bertz CT molecular complexity index is 817. The van der Waals surface area contributed by atoms with Crippen LogP contribution in [0, 0.1) is 5.92 Å². The summed E-state index contributed by atoms with van der Waals surface area (Å²) in [5.41, 5.74) is 3.31. The summed E-state index contributed by atoms with van der Waals surface area (Å²) >= 11 is 5.37. The lowest BCUT2D eigenvalue weighted by Gasteiger charge is -2.14. The first kappa shape index (κ1) is 15.7. The molecule has 0 saturated carbocycles. The van der Waals surface area contributed by atoms with Gasteiger partial charge in [-0.25, -0.2) is 0 Å². The van der Waals surface area contributed by atoms with Crippen LogP contribution in [0.5, 0.6) is 0 Å². The second kappa shape index (κ2) is 6.50. The van der Waals surface area contributed by atoms with Crippen molar-refractivity contribution in [3.05, 3.63) is 48.5 Å². The van der Waals surface area contributed by atoms with Crippen LogP contribution < -0.4 is 9.88 Å². The zero-order chi connectivity index (χ0) is 16.4. The van der Waals surface area contributed by atoms with E-state index in [9.17, 15) is 0 Å². The largest absolute Gasteiger partial charge is 0.471 e. The zero-order valence-corrected chi connectivity index (χ0v) is 14.5. The predicted molar refractivity (Wildman–Crippen MR) is 99.6 cm³/mol. The van der Waals surface area contributed by atoms with Crippen LogP contribution in [-0.2, 0) is 11.8 Å². The van der Waals surface area contributed by atoms with Crippen molar-refractivity contribution in [3.8, 4) is 0 Å². The molecule has 1 N–H and O–H groups in total. The van der Waals surface area contributed by atoms with Crippen molar-refractivity contribution in [2.75, 3.05) is 11.9 Å². The molecule has 0 atom stereocenters. The summed E-state index contributed by atoms with van der Waals surface area (Å²) in [6.45, 7) is 4.83. The van der Waals surface area contributed by atoms with Gasteiger partial charge < -0.3 is 10.1 Å². The topological polar surface area (TPSA) is 25.1 Å². The lowest BCUT2D eigenvalue weighted by molar-refractivity contribution is -0.617. The van der Waals surface area contributed by atoms with E-state index in [-0.39, 0.29) is 0 Å². The maximum Gasteiger partial charge on any atom is 0.261 e. The molecule has 0 saturated heterocycles. The maximum atomic E-state index is 5.65. The van der Waals surface area contributed by atoms with E-state index in [0.717, 1.165) is 27.5 Å². The minimum absolute atomic E-state index is 0.419. The summed E-state index contributed by atoms with van der Waals surface area (Å²) in [5, 5.41) is 5.98. The lowest BCUT2D eigenvalue weighted by Crippen LogP contribution is -2.31.